The summed E-state index contributed by atoms with van der Waals surface area (Å²) in [6.07, 6.45) is 3.85. The molecule has 1 heterocycles. The Morgan fingerprint density at radius 2 is 1.76 bits per heavy atom. The number of rotatable bonds is 7. The van der Waals surface area contributed by atoms with Gasteiger partial charge in [0, 0.05) is 18.4 Å². The molecule has 25 heavy (non-hydrogen) atoms. The molecule has 0 aliphatic carbocycles. The number of amides is 2. The highest BCUT2D eigenvalue weighted by Crippen LogP contribution is 2.13. The summed E-state index contributed by atoms with van der Waals surface area (Å²) in [7, 11) is 0. The Bertz CT molecular complexity index is 814. The second-order valence-corrected chi connectivity index (χ2v) is 5.88. The van der Waals surface area contributed by atoms with Crippen LogP contribution < -0.4 is 16.4 Å². The second kappa shape index (κ2) is 8.96. The number of hydrogen-bond donors (Lipinski definition) is 2. The van der Waals surface area contributed by atoms with Crippen LogP contribution in [-0.2, 0) is 11.3 Å². The lowest BCUT2D eigenvalue weighted by Crippen LogP contribution is -2.42. The van der Waals surface area contributed by atoms with Gasteiger partial charge in [-0.1, -0.05) is 44.9 Å². The lowest BCUT2D eigenvalue weighted by Gasteiger charge is -2.11. The van der Waals surface area contributed by atoms with Gasteiger partial charge in [-0.25, -0.2) is 4.68 Å². The molecule has 0 saturated carbocycles. The number of aromatic nitrogens is 2. The van der Waals surface area contributed by atoms with E-state index in [2.05, 4.69) is 22.9 Å². The van der Waals surface area contributed by atoms with Gasteiger partial charge in [0.25, 0.3) is 11.5 Å². The van der Waals surface area contributed by atoms with Crippen molar-refractivity contribution in [3.8, 4) is 0 Å². The van der Waals surface area contributed by atoms with Gasteiger partial charge in [0.2, 0.25) is 5.91 Å². The number of hydrogen-bond acceptors (Lipinski definition) is 4. The number of aryl methyl sites for hydroxylation is 1. The number of hydrazine groups is 1. The van der Waals surface area contributed by atoms with E-state index in [9.17, 15) is 14.4 Å². The predicted octanol–water partition coefficient (Wildman–Crippen LogP) is 2.15. The number of nitrogens with one attached hydrogen (secondary N) is 2. The smallest absolute Gasteiger partial charge is 0.273 e. The SMILES string of the molecule is CCCCCC(=O)NNC(=O)c1nn(CCC)c(=O)c2ccccc12. The molecule has 7 nitrogen and oxygen atoms in total. The van der Waals surface area contributed by atoms with Crippen molar-refractivity contribution in [3.63, 3.8) is 0 Å². The number of fused-ring (bicyclic) bond motifs is 1. The summed E-state index contributed by atoms with van der Waals surface area (Å²) in [5.41, 5.74) is 4.69. The summed E-state index contributed by atoms with van der Waals surface area (Å²) in [4.78, 5) is 36.6. The molecule has 0 saturated heterocycles. The molecule has 134 valence electrons. The predicted molar refractivity (Wildman–Crippen MR) is 96.0 cm³/mol. The molecule has 0 bridgehead atoms. The zero-order chi connectivity index (χ0) is 18.2. The van der Waals surface area contributed by atoms with E-state index in [0.717, 1.165) is 25.7 Å². The first-order valence-electron chi connectivity index (χ1n) is 8.67. The highest BCUT2D eigenvalue weighted by molar-refractivity contribution is 6.05. The lowest BCUT2D eigenvalue weighted by molar-refractivity contribution is -0.121. The van der Waals surface area contributed by atoms with Crippen LogP contribution in [0, 0.1) is 0 Å². The Morgan fingerprint density at radius 3 is 2.44 bits per heavy atom. The highest BCUT2D eigenvalue weighted by Gasteiger charge is 2.16. The lowest BCUT2D eigenvalue weighted by atomic mass is 10.1. The van der Waals surface area contributed by atoms with Crippen LogP contribution >= 0.6 is 0 Å². The minimum atomic E-state index is -0.537. The van der Waals surface area contributed by atoms with Crippen molar-refractivity contribution in [1.29, 1.82) is 0 Å². The number of carbonyl (C=O) groups is 2. The van der Waals surface area contributed by atoms with Gasteiger partial charge in [0.1, 0.15) is 0 Å². The number of nitrogens with zero attached hydrogens (tertiary/aromatic N) is 2. The fourth-order valence-corrected chi connectivity index (χ4v) is 2.55. The van der Waals surface area contributed by atoms with Crippen LogP contribution in [0.3, 0.4) is 0 Å². The number of benzene rings is 1. The van der Waals surface area contributed by atoms with Gasteiger partial charge >= 0.3 is 0 Å². The molecule has 2 rings (SSSR count). The molecule has 0 fully saturated rings. The van der Waals surface area contributed by atoms with Gasteiger partial charge in [-0.15, -0.1) is 0 Å². The van der Waals surface area contributed by atoms with Crippen molar-refractivity contribution >= 4 is 22.6 Å². The van der Waals surface area contributed by atoms with Crippen LogP contribution in [-0.4, -0.2) is 21.6 Å². The maximum atomic E-state index is 12.5. The molecule has 2 amide bonds. The molecule has 0 radical (unpaired) electrons. The average molecular weight is 344 g/mol. The van der Waals surface area contributed by atoms with Gasteiger partial charge in [-0.05, 0) is 18.9 Å². The molecule has 2 aromatic rings. The van der Waals surface area contributed by atoms with E-state index in [1.54, 1.807) is 24.3 Å². The summed E-state index contributed by atoms with van der Waals surface area (Å²) in [5.74, 6) is -0.780. The van der Waals surface area contributed by atoms with Crippen molar-refractivity contribution in [2.75, 3.05) is 0 Å². The number of unbranched alkanes of at least 4 members (excludes halogenated alkanes) is 2. The fourth-order valence-electron chi connectivity index (χ4n) is 2.55. The average Bonchev–Trinajstić information content (AvgIpc) is 2.62. The number of carbonyl (C=O) groups excluding carboxylic acids is 2. The van der Waals surface area contributed by atoms with Crippen molar-refractivity contribution in [3.05, 3.63) is 40.3 Å². The van der Waals surface area contributed by atoms with Crippen molar-refractivity contribution in [2.45, 2.75) is 52.5 Å². The molecule has 0 unspecified atom stereocenters. The van der Waals surface area contributed by atoms with Crippen molar-refractivity contribution in [1.82, 2.24) is 20.6 Å². The third kappa shape index (κ3) is 4.65. The largest absolute Gasteiger partial charge is 0.290 e. The first kappa shape index (κ1) is 18.6. The minimum Gasteiger partial charge on any atom is -0.273 e. The monoisotopic (exact) mass is 344 g/mol. The third-order valence-electron chi connectivity index (χ3n) is 3.84. The van der Waals surface area contributed by atoms with Gasteiger partial charge in [0.15, 0.2) is 5.69 Å². The van der Waals surface area contributed by atoms with Gasteiger partial charge < -0.3 is 0 Å². The first-order valence-corrected chi connectivity index (χ1v) is 8.67. The van der Waals surface area contributed by atoms with Crippen LogP contribution in [0.1, 0.15) is 56.4 Å². The summed E-state index contributed by atoms with van der Waals surface area (Å²) in [5, 5.41) is 5.09. The zero-order valence-electron chi connectivity index (χ0n) is 14.7. The Morgan fingerprint density at radius 1 is 1.04 bits per heavy atom. The zero-order valence-corrected chi connectivity index (χ0v) is 14.7. The quantitative estimate of drug-likeness (QED) is 0.594. The molecule has 7 heteroatoms. The van der Waals surface area contributed by atoms with E-state index >= 15 is 0 Å². The maximum Gasteiger partial charge on any atom is 0.290 e. The molecule has 0 spiro atoms. The molecular weight excluding hydrogens is 320 g/mol. The van der Waals surface area contributed by atoms with Crippen LogP contribution in [0.4, 0.5) is 0 Å². The molecule has 2 N–H and O–H groups in total. The Hall–Kier alpha value is -2.70. The normalized spacial score (nSPS) is 10.6. The van der Waals surface area contributed by atoms with Gasteiger partial charge in [0.05, 0.1) is 5.39 Å². The highest BCUT2D eigenvalue weighted by atomic mass is 16.2. The molecule has 0 atom stereocenters. The summed E-state index contributed by atoms with van der Waals surface area (Å²) < 4.78 is 1.29. The molecule has 1 aromatic carbocycles. The first-order chi connectivity index (χ1) is 12.1. The van der Waals surface area contributed by atoms with Gasteiger partial charge in [-0.3, -0.25) is 25.2 Å². The maximum absolute atomic E-state index is 12.5. The summed E-state index contributed by atoms with van der Waals surface area (Å²) in [6, 6.07) is 6.84. The Kier molecular flexibility index (Phi) is 6.68. The minimum absolute atomic E-state index is 0.123. The van der Waals surface area contributed by atoms with Crippen molar-refractivity contribution in [2.24, 2.45) is 0 Å². The third-order valence-corrected chi connectivity index (χ3v) is 3.84. The summed E-state index contributed by atoms with van der Waals surface area (Å²) in [6.45, 7) is 4.41. The van der Waals surface area contributed by atoms with E-state index in [0.29, 0.717) is 23.7 Å². The van der Waals surface area contributed by atoms with Crippen molar-refractivity contribution < 1.29 is 9.59 Å². The van der Waals surface area contributed by atoms with Crippen LogP contribution in [0.2, 0.25) is 0 Å². The van der Waals surface area contributed by atoms with Crippen LogP contribution in [0.5, 0.6) is 0 Å². The van der Waals surface area contributed by atoms with Crippen LogP contribution in [0.15, 0.2) is 29.1 Å². The molecule has 0 aliphatic rings. The molecule has 1 aromatic heterocycles. The molecular formula is C18H24N4O3. The van der Waals surface area contributed by atoms with Crippen LogP contribution in [0.25, 0.3) is 10.8 Å². The topological polar surface area (TPSA) is 93.1 Å². The Balaban J connectivity index is 2.21. The van der Waals surface area contributed by atoms with Gasteiger partial charge in [-0.2, -0.15) is 5.10 Å². The Labute approximate surface area is 146 Å². The van der Waals surface area contributed by atoms with E-state index in [-0.39, 0.29) is 17.2 Å². The summed E-state index contributed by atoms with van der Waals surface area (Å²) >= 11 is 0. The van der Waals surface area contributed by atoms with E-state index in [1.165, 1.54) is 4.68 Å². The second-order valence-electron chi connectivity index (χ2n) is 5.88. The van der Waals surface area contributed by atoms with E-state index in [1.807, 2.05) is 6.92 Å². The van der Waals surface area contributed by atoms with E-state index in [4.69, 9.17) is 0 Å². The fraction of sp³-hybridized carbons (Fsp3) is 0.444. The standard InChI is InChI=1S/C18H24N4O3/c1-3-5-6-11-15(23)19-20-17(24)16-13-9-7-8-10-14(13)18(25)22(21-16)12-4-2/h7-10H,3-6,11-12H2,1-2H3,(H,19,23)(H,20,24). The molecule has 0 aliphatic heterocycles. The van der Waals surface area contributed by atoms with E-state index < -0.39 is 5.91 Å².